The van der Waals surface area contributed by atoms with Crippen LogP contribution in [0.5, 0.6) is 0 Å². The first-order valence-corrected chi connectivity index (χ1v) is 42.5. The highest BCUT2D eigenvalue weighted by molar-refractivity contribution is 7.47. The fourth-order valence-electron chi connectivity index (χ4n) is 11.6. The third-order valence-corrected chi connectivity index (χ3v) is 20.0. The van der Waals surface area contributed by atoms with Crippen molar-refractivity contribution in [3.63, 3.8) is 0 Å². The molecular formula is C76H148O17P2. The number of phosphoric acid groups is 2. The van der Waals surface area contributed by atoms with Crippen molar-refractivity contribution in [1.82, 2.24) is 0 Å². The fraction of sp³-hybridized carbons (Fsp3) is 0.947. The summed E-state index contributed by atoms with van der Waals surface area (Å²) < 4.78 is 68.5. The van der Waals surface area contributed by atoms with Gasteiger partial charge in [0.15, 0.2) is 12.2 Å². The summed E-state index contributed by atoms with van der Waals surface area (Å²) in [7, 11) is -9.91. The number of aliphatic hydroxyl groups excluding tert-OH is 1. The van der Waals surface area contributed by atoms with Gasteiger partial charge >= 0.3 is 39.5 Å². The van der Waals surface area contributed by atoms with Crippen LogP contribution in [-0.2, 0) is 65.4 Å². The quantitative estimate of drug-likeness (QED) is 0.0222. The Morgan fingerprint density at radius 1 is 0.305 bits per heavy atom. The Hall–Kier alpha value is -1.94. The van der Waals surface area contributed by atoms with Crippen molar-refractivity contribution in [1.29, 1.82) is 0 Å². The van der Waals surface area contributed by atoms with Gasteiger partial charge in [0.05, 0.1) is 26.4 Å². The zero-order chi connectivity index (χ0) is 70.0. The van der Waals surface area contributed by atoms with Gasteiger partial charge in [-0.2, -0.15) is 0 Å². The second-order valence-electron chi connectivity index (χ2n) is 28.1. The normalized spacial score (nSPS) is 14.3. The summed E-state index contributed by atoms with van der Waals surface area (Å²) in [6.07, 6.45) is 55.5. The van der Waals surface area contributed by atoms with Gasteiger partial charge in [0.2, 0.25) is 0 Å². The van der Waals surface area contributed by atoms with Gasteiger partial charge in [0, 0.05) is 25.7 Å². The lowest BCUT2D eigenvalue weighted by atomic mass is 9.99. The first kappa shape index (κ1) is 93.1. The smallest absolute Gasteiger partial charge is 0.462 e. The predicted molar refractivity (Wildman–Crippen MR) is 386 cm³/mol. The van der Waals surface area contributed by atoms with E-state index in [9.17, 15) is 43.2 Å². The second-order valence-corrected chi connectivity index (χ2v) is 31.0. The van der Waals surface area contributed by atoms with Crippen LogP contribution in [0, 0.1) is 11.8 Å². The minimum atomic E-state index is -4.96. The van der Waals surface area contributed by atoms with Gasteiger partial charge in [-0.15, -0.1) is 0 Å². The first-order chi connectivity index (χ1) is 45.9. The number of ether oxygens (including phenoxy) is 4. The molecule has 0 spiro atoms. The summed E-state index contributed by atoms with van der Waals surface area (Å²) in [5, 5.41) is 10.6. The lowest BCUT2D eigenvalue weighted by Crippen LogP contribution is -2.30. The van der Waals surface area contributed by atoms with Gasteiger partial charge < -0.3 is 33.8 Å². The molecule has 0 amide bonds. The molecule has 6 atom stereocenters. The Morgan fingerprint density at radius 2 is 0.537 bits per heavy atom. The van der Waals surface area contributed by atoms with Crippen LogP contribution >= 0.6 is 15.6 Å². The van der Waals surface area contributed by atoms with Crippen molar-refractivity contribution in [3.05, 3.63) is 0 Å². The van der Waals surface area contributed by atoms with Crippen LogP contribution in [0.1, 0.15) is 395 Å². The molecule has 3 N–H and O–H groups in total. The number of hydrogen-bond acceptors (Lipinski definition) is 15. The van der Waals surface area contributed by atoms with E-state index < -0.39 is 97.5 Å². The molecule has 0 radical (unpaired) electrons. The molecule has 0 rings (SSSR count). The minimum absolute atomic E-state index is 0.104. The van der Waals surface area contributed by atoms with Crippen molar-refractivity contribution in [2.24, 2.45) is 11.8 Å². The van der Waals surface area contributed by atoms with Crippen molar-refractivity contribution < 1.29 is 80.2 Å². The number of aliphatic hydroxyl groups is 1. The highest BCUT2D eigenvalue weighted by atomic mass is 31.2. The molecule has 0 bridgehead atoms. The number of carbonyl (C=O) groups excluding carboxylic acids is 4. The van der Waals surface area contributed by atoms with E-state index in [0.29, 0.717) is 31.6 Å². The molecule has 0 heterocycles. The van der Waals surface area contributed by atoms with Gasteiger partial charge in [-0.05, 0) is 37.5 Å². The third kappa shape index (κ3) is 69.0. The molecule has 19 heteroatoms. The van der Waals surface area contributed by atoms with Crippen LogP contribution in [0.4, 0.5) is 0 Å². The molecule has 0 aliphatic rings. The van der Waals surface area contributed by atoms with Crippen molar-refractivity contribution in [2.45, 2.75) is 413 Å². The average molecular weight is 1400 g/mol. The fourth-order valence-corrected chi connectivity index (χ4v) is 13.2. The van der Waals surface area contributed by atoms with E-state index in [-0.39, 0.29) is 25.7 Å². The monoisotopic (exact) mass is 1400 g/mol. The summed E-state index contributed by atoms with van der Waals surface area (Å²) in [5.74, 6) is -0.642. The van der Waals surface area contributed by atoms with Crippen molar-refractivity contribution in [2.75, 3.05) is 39.6 Å². The Labute approximate surface area is 581 Å². The molecule has 0 aromatic rings. The maximum absolute atomic E-state index is 13.1. The zero-order valence-corrected chi connectivity index (χ0v) is 63.8. The number of hydrogen-bond donors (Lipinski definition) is 3. The minimum Gasteiger partial charge on any atom is -0.462 e. The first-order valence-electron chi connectivity index (χ1n) is 39.5. The summed E-state index contributed by atoms with van der Waals surface area (Å²) >= 11 is 0. The number of carbonyl (C=O) groups is 4. The average Bonchev–Trinajstić information content (AvgIpc) is 1.73. The van der Waals surface area contributed by atoms with Crippen LogP contribution in [0.2, 0.25) is 0 Å². The molecule has 0 aromatic heterocycles. The molecule has 3 unspecified atom stereocenters. The van der Waals surface area contributed by atoms with Gasteiger partial charge in [-0.1, -0.05) is 343 Å². The van der Waals surface area contributed by atoms with E-state index in [4.69, 9.17) is 37.0 Å². The lowest BCUT2D eigenvalue weighted by Gasteiger charge is -2.21. The molecule has 0 fully saturated rings. The molecule has 564 valence electrons. The topological polar surface area (TPSA) is 237 Å². The third-order valence-electron chi connectivity index (χ3n) is 18.1. The van der Waals surface area contributed by atoms with Crippen molar-refractivity contribution in [3.8, 4) is 0 Å². The molecule has 17 nitrogen and oxygen atoms in total. The van der Waals surface area contributed by atoms with Gasteiger partial charge in [0.25, 0.3) is 0 Å². The molecule has 0 aromatic carbocycles. The summed E-state index contributed by atoms with van der Waals surface area (Å²) in [5.41, 5.74) is 0. The van der Waals surface area contributed by atoms with Crippen LogP contribution in [-0.4, -0.2) is 96.7 Å². The van der Waals surface area contributed by atoms with E-state index >= 15 is 0 Å². The summed E-state index contributed by atoms with van der Waals surface area (Å²) in [4.78, 5) is 72.8. The maximum Gasteiger partial charge on any atom is 0.472 e. The Balaban J connectivity index is 5.24. The maximum atomic E-state index is 13.1. The molecular weight excluding hydrogens is 1250 g/mol. The van der Waals surface area contributed by atoms with Gasteiger partial charge in [0.1, 0.15) is 19.3 Å². The highest BCUT2D eigenvalue weighted by Crippen LogP contribution is 2.45. The SMILES string of the molecule is CCCCCCCCCCCCCCCCCCCCC(=O)O[C@H](COC(=O)CCCCCCCCCCCCCCCCC)COP(=O)(O)OC[C@@H](O)COP(=O)(O)OC[C@@H](COC(=O)CCCCCCCCCC(C)C)OC(=O)CCCCCCCCCCC(C)CC. The Kier molecular flexibility index (Phi) is 66.5. The lowest BCUT2D eigenvalue weighted by molar-refractivity contribution is -0.161. The predicted octanol–water partition coefficient (Wildman–Crippen LogP) is 22.3. The van der Waals surface area contributed by atoms with E-state index in [1.807, 2.05) is 0 Å². The number of phosphoric ester groups is 2. The molecule has 0 saturated carbocycles. The molecule has 95 heavy (non-hydrogen) atoms. The van der Waals surface area contributed by atoms with Gasteiger partial charge in [-0.25, -0.2) is 9.13 Å². The molecule has 0 aliphatic carbocycles. The van der Waals surface area contributed by atoms with Crippen LogP contribution in [0.25, 0.3) is 0 Å². The van der Waals surface area contributed by atoms with Crippen LogP contribution in [0.15, 0.2) is 0 Å². The number of rotatable bonds is 75. The Morgan fingerprint density at radius 3 is 0.800 bits per heavy atom. The largest absolute Gasteiger partial charge is 0.472 e. The summed E-state index contributed by atoms with van der Waals surface area (Å²) in [6.45, 7) is 9.54. The van der Waals surface area contributed by atoms with E-state index in [2.05, 4.69) is 41.5 Å². The summed E-state index contributed by atoms with van der Waals surface area (Å²) in [6, 6.07) is 0. The van der Waals surface area contributed by atoms with E-state index in [1.54, 1.807) is 0 Å². The van der Waals surface area contributed by atoms with Crippen LogP contribution in [0.3, 0.4) is 0 Å². The Bertz CT molecular complexity index is 1840. The van der Waals surface area contributed by atoms with Gasteiger partial charge in [-0.3, -0.25) is 37.3 Å². The molecule has 0 aliphatic heterocycles. The van der Waals surface area contributed by atoms with Crippen LogP contribution < -0.4 is 0 Å². The highest BCUT2D eigenvalue weighted by Gasteiger charge is 2.30. The number of esters is 4. The van der Waals surface area contributed by atoms with E-state index in [1.165, 1.54) is 205 Å². The molecule has 0 saturated heterocycles. The van der Waals surface area contributed by atoms with E-state index in [0.717, 1.165) is 102 Å². The standard InChI is InChI=1S/C76H148O17P2/c1-7-10-12-14-16-18-20-22-24-25-26-28-30-32-34-41-48-54-60-75(80)92-71(64-86-73(78)58-52-46-40-33-31-29-27-23-21-19-17-15-13-11-8-2)66-90-94(82,83)88-62-70(77)63-89-95(84,85)91-67-72(65-87-74(79)59-53-47-43-37-38-44-50-56-68(4)5)93-76(81)61-55-49-42-36-35-39-45-51-57-69(6)9-3/h68-72,77H,7-67H2,1-6H3,(H,82,83)(H,84,85)/t69?,70-,71-,72-/m1/s1. The van der Waals surface area contributed by atoms with Crippen molar-refractivity contribution >= 4 is 39.5 Å². The zero-order valence-electron chi connectivity index (χ0n) is 62.0. The number of unbranched alkanes of at least 4 members (excludes halogenated alkanes) is 44. The second kappa shape index (κ2) is 67.9.